The minimum Gasteiger partial charge on any atom is -0.478 e. The van der Waals surface area contributed by atoms with Gasteiger partial charge in [0.15, 0.2) is 0 Å². The third-order valence-corrected chi connectivity index (χ3v) is 1.66. The predicted octanol–water partition coefficient (Wildman–Crippen LogP) is -3.42. The van der Waals surface area contributed by atoms with Crippen LogP contribution in [0.3, 0.4) is 0 Å². The summed E-state index contributed by atoms with van der Waals surface area (Å²) >= 11 is 0. The summed E-state index contributed by atoms with van der Waals surface area (Å²) in [5.74, 6) is -9.62. The SMILES string of the molecule is [O]C1(C(=O)O)C(=O)NC(=O)C1(O)O. The minimum absolute atomic E-state index is 1.21. The molecule has 1 rings (SSSR count). The summed E-state index contributed by atoms with van der Waals surface area (Å²) in [6.45, 7) is 0. The van der Waals surface area contributed by atoms with Crippen molar-refractivity contribution >= 4 is 17.8 Å². The molecule has 8 nitrogen and oxygen atoms in total. The van der Waals surface area contributed by atoms with Crippen LogP contribution in [0.15, 0.2) is 0 Å². The number of carboxylic acids is 1. The molecule has 0 aliphatic carbocycles. The zero-order chi connectivity index (χ0) is 10.4. The Morgan fingerprint density at radius 1 is 1.23 bits per heavy atom. The number of hydrogen-bond donors (Lipinski definition) is 4. The van der Waals surface area contributed by atoms with Crippen LogP contribution >= 0.6 is 0 Å². The maximum atomic E-state index is 11.1. The summed E-state index contributed by atoms with van der Waals surface area (Å²) in [6.07, 6.45) is 0. The van der Waals surface area contributed by atoms with Crippen LogP contribution in [0.2, 0.25) is 0 Å². The van der Waals surface area contributed by atoms with Gasteiger partial charge < -0.3 is 15.3 Å². The maximum Gasteiger partial charge on any atom is 0.355 e. The highest BCUT2D eigenvalue weighted by molar-refractivity contribution is 6.21. The minimum atomic E-state index is -3.80. The van der Waals surface area contributed by atoms with E-state index < -0.39 is 29.2 Å². The third kappa shape index (κ3) is 0.869. The van der Waals surface area contributed by atoms with Gasteiger partial charge in [-0.1, -0.05) is 0 Å². The summed E-state index contributed by atoms with van der Waals surface area (Å²) in [5.41, 5.74) is -3.80. The van der Waals surface area contributed by atoms with Crippen molar-refractivity contribution in [3.05, 3.63) is 0 Å². The second kappa shape index (κ2) is 2.25. The molecular weight excluding hydrogens is 186 g/mol. The van der Waals surface area contributed by atoms with Crippen LogP contribution in [-0.2, 0) is 19.5 Å². The lowest BCUT2D eigenvalue weighted by atomic mass is 9.96. The quantitative estimate of drug-likeness (QED) is 0.192. The first-order valence-electron chi connectivity index (χ1n) is 2.99. The van der Waals surface area contributed by atoms with E-state index in [2.05, 4.69) is 0 Å². The summed E-state index contributed by atoms with van der Waals surface area (Å²) in [7, 11) is 0. The zero-order valence-electron chi connectivity index (χ0n) is 5.97. The van der Waals surface area contributed by atoms with Gasteiger partial charge in [0, 0.05) is 0 Å². The van der Waals surface area contributed by atoms with Gasteiger partial charge in [-0.2, -0.15) is 5.11 Å². The topological polar surface area (TPSA) is 144 Å². The molecular formula is C5H4NO7. The first-order chi connectivity index (χ1) is 5.74. The predicted molar refractivity (Wildman–Crippen MR) is 31.4 cm³/mol. The number of imide groups is 1. The number of carbonyl (C=O) groups is 3. The second-order valence-electron chi connectivity index (χ2n) is 2.44. The van der Waals surface area contributed by atoms with Crippen molar-refractivity contribution < 1.29 is 34.8 Å². The molecule has 71 valence electrons. The van der Waals surface area contributed by atoms with E-state index in [1.165, 1.54) is 5.32 Å². The molecule has 8 heteroatoms. The van der Waals surface area contributed by atoms with E-state index in [0.29, 0.717) is 0 Å². The molecule has 4 N–H and O–H groups in total. The van der Waals surface area contributed by atoms with Gasteiger partial charge in [-0.05, 0) is 0 Å². The van der Waals surface area contributed by atoms with Gasteiger partial charge in [0.2, 0.25) is 0 Å². The van der Waals surface area contributed by atoms with Gasteiger partial charge in [-0.25, -0.2) is 4.79 Å². The van der Waals surface area contributed by atoms with Crippen LogP contribution in [0.25, 0.3) is 0 Å². The second-order valence-corrected chi connectivity index (χ2v) is 2.44. The van der Waals surface area contributed by atoms with E-state index in [9.17, 15) is 19.5 Å². The van der Waals surface area contributed by atoms with Gasteiger partial charge in [-0.3, -0.25) is 14.9 Å². The number of carboxylic acid groups (broad SMARTS) is 1. The third-order valence-electron chi connectivity index (χ3n) is 1.66. The van der Waals surface area contributed by atoms with Crippen molar-refractivity contribution in [3.63, 3.8) is 0 Å². The largest absolute Gasteiger partial charge is 0.478 e. The Morgan fingerprint density at radius 2 is 1.69 bits per heavy atom. The fourth-order valence-electron chi connectivity index (χ4n) is 0.843. The molecule has 1 atom stereocenters. The number of amides is 2. The highest BCUT2D eigenvalue weighted by atomic mass is 16.6. The van der Waals surface area contributed by atoms with E-state index in [-0.39, 0.29) is 0 Å². The highest BCUT2D eigenvalue weighted by Gasteiger charge is 2.72. The van der Waals surface area contributed by atoms with Crippen LogP contribution in [0.4, 0.5) is 0 Å². The molecule has 0 aromatic carbocycles. The Labute approximate surface area is 70.4 Å². The summed E-state index contributed by atoms with van der Waals surface area (Å²) < 4.78 is 0. The van der Waals surface area contributed by atoms with E-state index >= 15 is 0 Å². The normalized spacial score (nSPS) is 31.6. The molecule has 2 amide bonds. The van der Waals surface area contributed by atoms with Crippen LogP contribution in [0, 0.1) is 0 Å². The molecule has 1 aliphatic rings. The molecule has 1 fully saturated rings. The van der Waals surface area contributed by atoms with Gasteiger partial charge in [0.1, 0.15) is 0 Å². The van der Waals surface area contributed by atoms with Gasteiger partial charge in [0.05, 0.1) is 0 Å². The van der Waals surface area contributed by atoms with Crippen molar-refractivity contribution in [1.82, 2.24) is 5.32 Å². The van der Waals surface area contributed by atoms with Crippen molar-refractivity contribution in [2.24, 2.45) is 0 Å². The molecule has 0 aromatic heterocycles. The lowest BCUT2D eigenvalue weighted by molar-refractivity contribution is -0.255. The molecule has 0 saturated carbocycles. The van der Waals surface area contributed by atoms with E-state index in [0.717, 1.165) is 0 Å². The van der Waals surface area contributed by atoms with Crippen molar-refractivity contribution in [3.8, 4) is 0 Å². The van der Waals surface area contributed by atoms with Gasteiger partial charge >= 0.3 is 11.6 Å². The van der Waals surface area contributed by atoms with Gasteiger partial charge in [-0.15, -0.1) is 0 Å². The molecule has 1 heterocycles. The standard InChI is InChI=1S/C5H4NO7/c7-1-4(11,3(9)10)5(12,13)2(8)6-1/h12-13H,(H,9,10)(H,6,7,8). The van der Waals surface area contributed by atoms with Crippen molar-refractivity contribution in [2.75, 3.05) is 0 Å². The maximum absolute atomic E-state index is 11.1. The van der Waals surface area contributed by atoms with Crippen molar-refractivity contribution in [1.29, 1.82) is 0 Å². The highest BCUT2D eigenvalue weighted by Crippen LogP contribution is 2.27. The molecule has 1 saturated heterocycles. The lowest BCUT2D eigenvalue weighted by Crippen LogP contribution is -2.61. The molecule has 1 unspecified atom stereocenters. The average Bonchev–Trinajstić information content (AvgIpc) is 2.13. The van der Waals surface area contributed by atoms with Crippen molar-refractivity contribution in [2.45, 2.75) is 11.4 Å². The number of aliphatic hydroxyl groups is 2. The Kier molecular flexibility index (Phi) is 1.66. The lowest BCUT2D eigenvalue weighted by Gasteiger charge is -2.21. The summed E-state index contributed by atoms with van der Waals surface area (Å²) in [5, 5.41) is 38.0. The smallest absolute Gasteiger partial charge is 0.355 e. The number of hydrogen-bond acceptors (Lipinski definition) is 5. The van der Waals surface area contributed by atoms with Crippen LogP contribution in [0.1, 0.15) is 0 Å². The molecule has 0 aromatic rings. The Morgan fingerprint density at radius 3 is 1.85 bits per heavy atom. The molecule has 13 heavy (non-hydrogen) atoms. The van der Waals surface area contributed by atoms with E-state index in [1.807, 2.05) is 0 Å². The number of nitrogens with one attached hydrogen (secondary N) is 1. The van der Waals surface area contributed by atoms with Crippen LogP contribution < -0.4 is 5.32 Å². The fraction of sp³-hybridized carbons (Fsp3) is 0.400. The molecule has 1 aliphatic heterocycles. The number of carbonyl (C=O) groups excluding carboxylic acids is 2. The zero-order valence-corrected chi connectivity index (χ0v) is 5.97. The van der Waals surface area contributed by atoms with Crippen LogP contribution in [-0.4, -0.2) is 44.5 Å². The average molecular weight is 190 g/mol. The Bertz CT molecular complexity index is 308. The number of rotatable bonds is 1. The first kappa shape index (κ1) is 9.58. The monoisotopic (exact) mass is 190 g/mol. The van der Waals surface area contributed by atoms with E-state index in [1.54, 1.807) is 0 Å². The molecule has 0 bridgehead atoms. The Balaban J connectivity index is 3.31. The molecule has 1 radical (unpaired) electrons. The Hall–Kier alpha value is -1.51. The van der Waals surface area contributed by atoms with Gasteiger partial charge in [0.25, 0.3) is 17.6 Å². The fourth-order valence-corrected chi connectivity index (χ4v) is 0.843. The van der Waals surface area contributed by atoms with E-state index in [4.69, 9.17) is 15.3 Å². The number of aliphatic carboxylic acids is 1. The summed E-state index contributed by atoms with van der Waals surface area (Å²) in [4.78, 5) is 31.4. The first-order valence-corrected chi connectivity index (χ1v) is 2.99. The van der Waals surface area contributed by atoms with Crippen LogP contribution in [0.5, 0.6) is 0 Å². The summed E-state index contributed by atoms with van der Waals surface area (Å²) in [6, 6.07) is 0. The molecule has 0 spiro atoms.